The highest BCUT2D eigenvalue weighted by molar-refractivity contribution is 5.87. The highest BCUT2D eigenvalue weighted by atomic mass is 16.5. The van der Waals surface area contributed by atoms with E-state index in [-0.39, 0.29) is 5.75 Å². The number of rotatable bonds is 4. The summed E-state index contributed by atoms with van der Waals surface area (Å²) in [5, 5.41) is 26.0. The van der Waals surface area contributed by atoms with Crippen molar-refractivity contribution in [2.45, 2.75) is 0 Å². The molecule has 0 atom stereocenters. The van der Waals surface area contributed by atoms with E-state index in [9.17, 15) is 14.7 Å². The van der Waals surface area contributed by atoms with Crippen molar-refractivity contribution in [2.24, 2.45) is 0 Å². The Morgan fingerprint density at radius 1 is 1.04 bits per heavy atom. The molecule has 0 aromatic heterocycles. The highest BCUT2D eigenvalue weighted by Gasteiger charge is 2.00. The molecule has 3 N–H and O–H groups in total. The van der Waals surface area contributed by atoms with E-state index in [1.165, 1.54) is 19.3 Å². The standard InChI is InChI=1S/C10H10O4.C7H6O2/c1-14-9-6-7(2-4-8(9)11)3-5-10(12)13;8-7(9)6-4-2-1-3-5-6/h2-6,11H,1H3,(H,12,13);1-5H,(H,8,9). The fraction of sp³-hybridized carbons (Fsp3) is 0.0588. The van der Waals surface area contributed by atoms with Crippen LogP contribution in [0, 0.1) is 0 Å². The molecule has 0 spiro atoms. The summed E-state index contributed by atoms with van der Waals surface area (Å²) >= 11 is 0. The first-order valence-corrected chi connectivity index (χ1v) is 6.50. The molecule has 6 nitrogen and oxygen atoms in total. The average Bonchev–Trinajstić information content (AvgIpc) is 2.55. The number of aliphatic carboxylic acids is 1. The van der Waals surface area contributed by atoms with Gasteiger partial charge < -0.3 is 20.1 Å². The van der Waals surface area contributed by atoms with Gasteiger partial charge in [-0.25, -0.2) is 9.59 Å². The molecule has 120 valence electrons. The fourth-order valence-corrected chi connectivity index (χ4v) is 1.55. The quantitative estimate of drug-likeness (QED) is 0.749. The largest absolute Gasteiger partial charge is 0.504 e. The molecule has 6 heteroatoms. The van der Waals surface area contributed by atoms with Crippen LogP contribution in [0.25, 0.3) is 6.08 Å². The molecule has 2 aromatic carbocycles. The third-order valence-corrected chi connectivity index (χ3v) is 2.64. The first kappa shape index (κ1) is 17.8. The van der Waals surface area contributed by atoms with Gasteiger partial charge in [0, 0.05) is 6.08 Å². The zero-order chi connectivity index (χ0) is 17.2. The zero-order valence-corrected chi connectivity index (χ0v) is 12.3. The van der Waals surface area contributed by atoms with Crippen LogP contribution in [0.4, 0.5) is 0 Å². The highest BCUT2D eigenvalue weighted by Crippen LogP contribution is 2.26. The van der Waals surface area contributed by atoms with Gasteiger partial charge in [-0.3, -0.25) is 0 Å². The minimum Gasteiger partial charge on any atom is -0.504 e. The molecular formula is C17H16O6. The summed E-state index contributed by atoms with van der Waals surface area (Å²) in [6.07, 6.45) is 2.44. The van der Waals surface area contributed by atoms with Crippen molar-refractivity contribution in [1.82, 2.24) is 0 Å². The topological polar surface area (TPSA) is 104 Å². The van der Waals surface area contributed by atoms with Crippen molar-refractivity contribution in [2.75, 3.05) is 7.11 Å². The summed E-state index contributed by atoms with van der Waals surface area (Å²) in [6.45, 7) is 0. The number of methoxy groups -OCH3 is 1. The lowest BCUT2D eigenvalue weighted by atomic mass is 10.2. The number of carbonyl (C=O) groups is 2. The minimum absolute atomic E-state index is 0.0278. The predicted octanol–water partition coefficient (Wildman–Crippen LogP) is 2.88. The molecule has 23 heavy (non-hydrogen) atoms. The van der Waals surface area contributed by atoms with Crippen molar-refractivity contribution in [3.63, 3.8) is 0 Å². The number of aromatic carboxylic acids is 1. The Labute approximate surface area is 132 Å². The Morgan fingerprint density at radius 2 is 1.70 bits per heavy atom. The molecule has 0 bridgehead atoms. The van der Waals surface area contributed by atoms with Gasteiger partial charge >= 0.3 is 11.9 Å². The molecule has 2 aromatic rings. The monoisotopic (exact) mass is 316 g/mol. The second kappa shape index (κ2) is 8.89. The van der Waals surface area contributed by atoms with Crippen LogP contribution in [0.2, 0.25) is 0 Å². The molecule has 0 radical (unpaired) electrons. The molecule has 0 fully saturated rings. The second-order valence-corrected chi connectivity index (χ2v) is 4.27. The number of aromatic hydroxyl groups is 1. The van der Waals surface area contributed by atoms with Crippen molar-refractivity contribution in [3.05, 3.63) is 65.7 Å². The maximum Gasteiger partial charge on any atom is 0.335 e. The van der Waals surface area contributed by atoms with E-state index in [1.54, 1.807) is 42.5 Å². The normalized spacial score (nSPS) is 9.78. The number of hydrogen-bond donors (Lipinski definition) is 3. The van der Waals surface area contributed by atoms with Crippen molar-refractivity contribution >= 4 is 18.0 Å². The molecule has 0 saturated heterocycles. The van der Waals surface area contributed by atoms with Gasteiger partial charge in [0.2, 0.25) is 0 Å². The van der Waals surface area contributed by atoms with E-state index in [2.05, 4.69) is 0 Å². The van der Waals surface area contributed by atoms with Gasteiger partial charge in [0.25, 0.3) is 0 Å². The molecule has 0 amide bonds. The van der Waals surface area contributed by atoms with Crippen molar-refractivity contribution < 1.29 is 29.6 Å². The van der Waals surface area contributed by atoms with Gasteiger partial charge in [-0.1, -0.05) is 24.3 Å². The van der Waals surface area contributed by atoms with E-state index in [4.69, 9.17) is 14.9 Å². The van der Waals surface area contributed by atoms with Gasteiger partial charge in [0.05, 0.1) is 12.7 Å². The van der Waals surface area contributed by atoms with Crippen LogP contribution in [0.1, 0.15) is 15.9 Å². The van der Waals surface area contributed by atoms with E-state index < -0.39 is 11.9 Å². The van der Waals surface area contributed by atoms with E-state index in [0.717, 1.165) is 6.08 Å². The van der Waals surface area contributed by atoms with Crippen LogP contribution in [0.5, 0.6) is 11.5 Å². The summed E-state index contributed by atoms with van der Waals surface area (Å²) in [5.41, 5.74) is 0.986. The molecule has 0 aliphatic rings. The minimum atomic E-state index is -1.02. The van der Waals surface area contributed by atoms with E-state index in [1.807, 2.05) is 0 Å². The number of phenolic OH excluding ortho intramolecular Hbond substituents is 1. The number of benzene rings is 2. The molecule has 2 rings (SSSR count). The summed E-state index contributed by atoms with van der Waals surface area (Å²) in [6, 6.07) is 12.9. The number of carboxylic acids is 2. The van der Waals surface area contributed by atoms with Gasteiger partial charge in [-0.05, 0) is 35.9 Å². The van der Waals surface area contributed by atoms with E-state index in [0.29, 0.717) is 16.9 Å². The molecule has 0 heterocycles. The first-order valence-electron chi connectivity index (χ1n) is 6.50. The predicted molar refractivity (Wildman–Crippen MR) is 84.7 cm³/mol. The van der Waals surface area contributed by atoms with Crippen LogP contribution < -0.4 is 4.74 Å². The van der Waals surface area contributed by atoms with Crippen LogP contribution in [-0.2, 0) is 4.79 Å². The second-order valence-electron chi connectivity index (χ2n) is 4.27. The lowest BCUT2D eigenvalue weighted by molar-refractivity contribution is -0.131. The summed E-state index contributed by atoms with van der Waals surface area (Å²) in [7, 11) is 1.43. The fourth-order valence-electron chi connectivity index (χ4n) is 1.55. The Balaban J connectivity index is 0.000000253. The van der Waals surface area contributed by atoms with E-state index >= 15 is 0 Å². The van der Waals surface area contributed by atoms with Crippen molar-refractivity contribution in [1.29, 1.82) is 0 Å². The Hall–Kier alpha value is -3.28. The number of phenols is 1. The van der Waals surface area contributed by atoms with Crippen LogP contribution in [-0.4, -0.2) is 34.4 Å². The number of hydrogen-bond acceptors (Lipinski definition) is 4. The molecule has 0 saturated carbocycles. The van der Waals surface area contributed by atoms with Crippen LogP contribution >= 0.6 is 0 Å². The average molecular weight is 316 g/mol. The third kappa shape index (κ3) is 6.34. The van der Waals surface area contributed by atoms with Gasteiger partial charge in [0.15, 0.2) is 11.5 Å². The Kier molecular flexibility index (Phi) is 6.87. The van der Waals surface area contributed by atoms with Crippen LogP contribution in [0.3, 0.4) is 0 Å². The number of ether oxygens (including phenoxy) is 1. The van der Waals surface area contributed by atoms with Crippen LogP contribution in [0.15, 0.2) is 54.6 Å². The smallest absolute Gasteiger partial charge is 0.335 e. The van der Waals surface area contributed by atoms with Gasteiger partial charge in [0.1, 0.15) is 0 Å². The molecule has 0 aliphatic carbocycles. The zero-order valence-electron chi connectivity index (χ0n) is 12.3. The molecule has 0 unspecified atom stereocenters. The summed E-state index contributed by atoms with van der Waals surface area (Å²) < 4.78 is 4.86. The summed E-state index contributed by atoms with van der Waals surface area (Å²) in [5.74, 6) is -1.55. The maximum absolute atomic E-state index is 10.2. The third-order valence-electron chi connectivity index (χ3n) is 2.64. The van der Waals surface area contributed by atoms with Gasteiger partial charge in [-0.2, -0.15) is 0 Å². The Bertz CT molecular complexity index is 691. The van der Waals surface area contributed by atoms with Crippen molar-refractivity contribution in [3.8, 4) is 11.5 Å². The molecular weight excluding hydrogens is 300 g/mol. The number of carboxylic acid groups (broad SMARTS) is 2. The Morgan fingerprint density at radius 3 is 2.17 bits per heavy atom. The summed E-state index contributed by atoms with van der Waals surface area (Å²) in [4.78, 5) is 20.4. The lowest BCUT2D eigenvalue weighted by Crippen LogP contribution is -1.93. The van der Waals surface area contributed by atoms with Gasteiger partial charge in [-0.15, -0.1) is 0 Å². The maximum atomic E-state index is 10.2. The SMILES string of the molecule is COc1cc(C=CC(=O)O)ccc1O.O=C(O)c1ccccc1. The lowest BCUT2D eigenvalue weighted by Gasteiger charge is -2.03. The first-order chi connectivity index (χ1) is 10.9. The molecule has 0 aliphatic heterocycles.